The molecule has 0 unspecified atom stereocenters. The van der Waals surface area contributed by atoms with Crippen molar-refractivity contribution in [3.63, 3.8) is 0 Å². The van der Waals surface area contributed by atoms with E-state index in [0.717, 1.165) is 24.2 Å². The summed E-state index contributed by atoms with van der Waals surface area (Å²) in [7, 11) is 0. The molecule has 1 aliphatic rings. The lowest BCUT2D eigenvalue weighted by Crippen LogP contribution is -2.06. The van der Waals surface area contributed by atoms with Crippen molar-refractivity contribution in [1.82, 2.24) is 9.97 Å². The fourth-order valence-electron chi connectivity index (χ4n) is 1.98. The summed E-state index contributed by atoms with van der Waals surface area (Å²) < 4.78 is 0. The van der Waals surface area contributed by atoms with Gasteiger partial charge in [-0.3, -0.25) is 9.97 Å². The highest BCUT2D eigenvalue weighted by molar-refractivity contribution is 5.65. The van der Waals surface area contributed by atoms with Gasteiger partial charge in [0.2, 0.25) is 0 Å². The summed E-state index contributed by atoms with van der Waals surface area (Å²) in [6.07, 6.45) is 5.84. The fraction of sp³-hybridized carbons (Fsp3) is 0.167. The van der Waals surface area contributed by atoms with E-state index in [4.69, 9.17) is 0 Å². The van der Waals surface area contributed by atoms with Gasteiger partial charge >= 0.3 is 0 Å². The molecule has 0 atom stereocenters. The van der Waals surface area contributed by atoms with E-state index in [9.17, 15) is 0 Å². The number of pyridine rings is 2. The van der Waals surface area contributed by atoms with E-state index < -0.39 is 0 Å². The van der Waals surface area contributed by atoms with E-state index in [1.54, 1.807) is 0 Å². The summed E-state index contributed by atoms with van der Waals surface area (Å²) in [6.45, 7) is 0. The summed E-state index contributed by atoms with van der Waals surface area (Å²) in [6, 6.07) is 8.26. The molecule has 0 spiro atoms. The number of rotatable bonds is 0. The van der Waals surface area contributed by atoms with Crippen LogP contribution in [0.5, 0.6) is 0 Å². The van der Waals surface area contributed by atoms with Gasteiger partial charge in [0, 0.05) is 12.4 Å². The molecule has 2 heterocycles. The molecule has 0 aliphatic heterocycles. The van der Waals surface area contributed by atoms with Crippen LogP contribution in [0.1, 0.15) is 11.1 Å². The van der Waals surface area contributed by atoms with Gasteiger partial charge in [-0.05, 0) is 36.1 Å². The molecule has 0 saturated carbocycles. The van der Waals surface area contributed by atoms with Crippen molar-refractivity contribution in [3.05, 3.63) is 47.8 Å². The largest absolute Gasteiger partial charge is 0.254 e. The van der Waals surface area contributed by atoms with Gasteiger partial charge in [0.05, 0.1) is 11.4 Å². The van der Waals surface area contributed by atoms with Gasteiger partial charge in [-0.25, -0.2) is 0 Å². The zero-order valence-electron chi connectivity index (χ0n) is 7.77. The topological polar surface area (TPSA) is 25.8 Å². The van der Waals surface area contributed by atoms with Crippen molar-refractivity contribution in [2.75, 3.05) is 0 Å². The molecule has 2 nitrogen and oxygen atoms in total. The predicted octanol–water partition coefficient (Wildman–Crippen LogP) is 2.24. The molecule has 0 amide bonds. The third-order valence-corrected chi connectivity index (χ3v) is 2.67. The normalized spacial score (nSPS) is 13.1. The summed E-state index contributed by atoms with van der Waals surface area (Å²) >= 11 is 0. The SMILES string of the molecule is c1cnc2c(c1)CCc1cccnc1-2. The van der Waals surface area contributed by atoms with Crippen molar-refractivity contribution in [3.8, 4) is 11.4 Å². The molecule has 0 radical (unpaired) electrons. The van der Waals surface area contributed by atoms with Crippen LogP contribution in [0.4, 0.5) is 0 Å². The summed E-state index contributed by atoms with van der Waals surface area (Å²) in [4.78, 5) is 8.80. The number of nitrogens with zero attached hydrogens (tertiary/aromatic N) is 2. The molecular formula is C12H10N2. The lowest BCUT2D eigenvalue weighted by Gasteiger charge is -2.16. The maximum Gasteiger partial charge on any atom is 0.0920 e. The van der Waals surface area contributed by atoms with Gasteiger partial charge in [-0.1, -0.05) is 12.1 Å². The second-order valence-corrected chi connectivity index (χ2v) is 3.52. The molecule has 1 aliphatic carbocycles. The number of fused-ring (bicyclic) bond motifs is 3. The highest BCUT2D eigenvalue weighted by atomic mass is 14.8. The molecular weight excluding hydrogens is 172 g/mol. The van der Waals surface area contributed by atoms with Crippen LogP contribution in [0.3, 0.4) is 0 Å². The van der Waals surface area contributed by atoms with E-state index in [0.29, 0.717) is 0 Å². The van der Waals surface area contributed by atoms with Crippen LogP contribution >= 0.6 is 0 Å². The monoisotopic (exact) mass is 182 g/mol. The Kier molecular flexibility index (Phi) is 1.60. The Morgan fingerprint density at radius 2 is 1.29 bits per heavy atom. The van der Waals surface area contributed by atoms with Crippen molar-refractivity contribution < 1.29 is 0 Å². The molecule has 2 aromatic rings. The Bertz CT molecular complexity index is 432. The Hall–Kier alpha value is -1.70. The first-order valence-electron chi connectivity index (χ1n) is 4.83. The van der Waals surface area contributed by atoms with Crippen LogP contribution in [0, 0.1) is 0 Å². The molecule has 68 valence electrons. The smallest absolute Gasteiger partial charge is 0.0920 e. The fourth-order valence-corrected chi connectivity index (χ4v) is 1.98. The summed E-state index contributed by atoms with van der Waals surface area (Å²) in [5, 5.41) is 0. The van der Waals surface area contributed by atoms with Crippen LogP contribution in [-0.2, 0) is 12.8 Å². The van der Waals surface area contributed by atoms with Crippen LogP contribution in [0.2, 0.25) is 0 Å². The Morgan fingerprint density at radius 1 is 0.786 bits per heavy atom. The Labute approximate surface area is 82.7 Å². The number of aryl methyl sites for hydroxylation is 2. The van der Waals surface area contributed by atoms with E-state index in [-0.39, 0.29) is 0 Å². The molecule has 14 heavy (non-hydrogen) atoms. The second kappa shape index (κ2) is 2.91. The van der Waals surface area contributed by atoms with Crippen LogP contribution in [-0.4, -0.2) is 9.97 Å². The minimum atomic E-state index is 1.06. The lowest BCUT2D eigenvalue weighted by atomic mass is 9.93. The van der Waals surface area contributed by atoms with Gasteiger partial charge < -0.3 is 0 Å². The van der Waals surface area contributed by atoms with E-state index in [2.05, 4.69) is 22.1 Å². The van der Waals surface area contributed by atoms with Crippen molar-refractivity contribution >= 4 is 0 Å². The average molecular weight is 182 g/mol. The maximum absolute atomic E-state index is 4.40. The number of aromatic nitrogens is 2. The number of hydrogen-bond acceptors (Lipinski definition) is 2. The van der Waals surface area contributed by atoms with Crippen molar-refractivity contribution in [2.45, 2.75) is 12.8 Å². The molecule has 0 bridgehead atoms. The second-order valence-electron chi connectivity index (χ2n) is 3.52. The first-order chi connectivity index (χ1) is 6.95. The van der Waals surface area contributed by atoms with Crippen molar-refractivity contribution in [1.29, 1.82) is 0 Å². The van der Waals surface area contributed by atoms with Crippen LogP contribution < -0.4 is 0 Å². The Balaban J connectivity index is 2.29. The van der Waals surface area contributed by atoms with Gasteiger partial charge in [-0.15, -0.1) is 0 Å². The van der Waals surface area contributed by atoms with Gasteiger partial charge in [0.1, 0.15) is 0 Å². The van der Waals surface area contributed by atoms with Crippen LogP contribution in [0.15, 0.2) is 36.7 Å². The highest BCUT2D eigenvalue weighted by Gasteiger charge is 2.16. The van der Waals surface area contributed by atoms with E-state index in [1.165, 1.54) is 11.1 Å². The minimum Gasteiger partial charge on any atom is -0.254 e. The van der Waals surface area contributed by atoms with Gasteiger partial charge in [0.25, 0.3) is 0 Å². The molecule has 0 N–H and O–H groups in total. The zero-order chi connectivity index (χ0) is 9.38. The standard InChI is InChI=1S/C12H10N2/c1-3-9-5-6-10-4-2-8-14-12(10)11(9)13-7-1/h1-4,7-8H,5-6H2. The minimum absolute atomic E-state index is 1.06. The zero-order valence-corrected chi connectivity index (χ0v) is 7.77. The highest BCUT2D eigenvalue weighted by Crippen LogP contribution is 2.28. The van der Waals surface area contributed by atoms with Crippen LogP contribution in [0.25, 0.3) is 11.4 Å². The molecule has 2 aromatic heterocycles. The van der Waals surface area contributed by atoms with Gasteiger partial charge in [0.15, 0.2) is 0 Å². The maximum atomic E-state index is 4.40. The predicted molar refractivity (Wildman–Crippen MR) is 54.9 cm³/mol. The molecule has 3 rings (SSSR count). The lowest BCUT2D eigenvalue weighted by molar-refractivity contribution is 0.912. The molecule has 2 heteroatoms. The summed E-state index contributed by atoms with van der Waals surface area (Å²) in [5.41, 5.74) is 4.76. The third-order valence-electron chi connectivity index (χ3n) is 2.67. The Morgan fingerprint density at radius 3 is 1.79 bits per heavy atom. The molecule has 0 fully saturated rings. The summed E-state index contributed by atoms with van der Waals surface area (Å²) in [5.74, 6) is 0. The molecule has 0 aromatic carbocycles. The third kappa shape index (κ3) is 1.04. The van der Waals surface area contributed by atoms with E-state index >= 15 is 0 Å². The quantitative estimate of drug-likeness (QED) is 0.624. The first kappa shape index (κ1) is 7.68. The first-order valence-corrected chi connectivity index (χ1v) is 4.83. The van der Waals surface area contributed by atoms with Gasteiger partial charge in [-0.2, -0.15) is 0 Å². The molecule has 0 saturated heterocycles. The number of hydrogen-bond donors (Lipinski definition) is 0. The van der Waals surface area contributed by atoms with E-state index in [1.807, 2.05) is 24.5 Å². The average Bonchev–Trinajstić information content (AvgIpc) is 2.29. The van der Waals surface area contributed by atoms with Crippen molar-refractivity contribution in [2.24, 2.45) is 0 Å².